The van der Waals surface area contributed by atoms with Gasteiger partial charge in [-0.15, -0.1) is 0 Å². The molecule has 1 atom stereocenters. The first-order chi connectivity index (χ1) is 9.52. The molecule has 108 valence electrons. The van der Waals surface area contributed by atoms with E-state index in [-0.39, 0.29) is 12.2 Å². The Hall–Kier alpha value is -1.81. The summed E-state index contributed by atoms with van der Waals surface area (Å²) in [6, 6.07) is 5.90. The number of hydrogen-bond acceptors (Lipinski definition) is 2. The molecular formula is C16H22N2O2. The Morgan fingerprint density at radius 2 is 1.85 bits per heavy atom. The SMILES string of the molecule is CCCn1ccn(CC(O)c2ccc(C)c(C)c2)c1=O. The van der Waals surface area contributed by atoms with Crippen molar-refractivity contribution < 1.29 is 5.11 Å². The number of aromatic nitrogens is 2. The molecule has 1 heterocycles. The standard InChI is InChI=1S/C16H22N2O2/c1-4-7-17-8-9-18(16(17)20)11-15(19)14-6-5-12(2)13(3)10-14/h5-6,8-10,15,19H,4,7,11H2,1-3H3. The number of benzene rings is 1. The molecule has 0 amide bonds. The van der Waals surface area contributed by atoms with Crippen molar-refractivity contribution >= 4 is 0 Å². The maximum absolute atomic E-state index is 12.1. The third-order valence-electron chi connectivity index (χ3n) is 3.67. The minimum absolute atomic E-state index is 0.0604. The lowest BCUT2D eigenvalue weighted by Crippen LogP contribution is -2.26. The van der Waals surface area contributed by atoms with E-state index in [1.807, 2.05) is 39.0 Å². The lowest BCUT2D eigenvalue weighted by molar-refractivity contribution is 0.155. The second-order valence-electron chi connectivity index (χ2n) is 5.29. The highest BCUT2D eigenvalue weighted by molar-refractivity contribution is 5.31. The second-order valence-corrected chi connectivity index (χ2v) is 5.29. The second kappa shape index (κ2) is 6.09. The highest BCUT2D eigenvalue weighted by atomic mass is 16.3. The first-order valence-electron chi connectivity index (χ1n) is 7.03. The van der Waals surface area contributed by atoms with Crippen LogP contribution >= 0.6 is 0 Å². The summed E-state index contributed by atoms with van der Waals surface area (Å²) in [5.41, 5.74) is 3.14. The predicted octanol–water partition coefficient (Wildman–Crippen LogP) is 2.41. The molecule has 4 nitrogen and oxygen atoms in total. The van der Waals surface area contributed by atoms with Crippen LogP contribution in [-0.2, 0) is 13.1 Å². The van der Waals surface area contributed by atoms with Crippen molar-refractivity contribution in [3.05, 3.63) is 57.8 Å². The fourth-order valence-corrected chi connectivity index (χ4v) is 2.27. The average molecular weight is 274 g/mol. The minimum atomic E-state index is -0.663. The molecule has 0 aliphatic heterocycles. The highest BCUT2D eigenvalue weighted by Crippen LogP contribution is 2.18. The summed E-state index contributed by atoms with van der Waals surface area (Å²) in [6.45, 7) is 7.10. The molecule has 0 aliphatic carbocycles. The van der Waals surface area contributed by atoms with Crippen LogP contribution in [0.5, 0.6) is 0 Å². The highest BCUT2D eigenvalue weighted by Gasteiger charge is 2.11. The summed E-state index contributed by atoms with van der Waals surface area (Å²) >= 11 is 0. The van der Waals surface area contributed by atoms with E-state index in [2.05, 4.69) is 0 Å². The van der Waals surface area contributed by atoms with E-state index in [0.29, 0.717) is 6.54 Å². The molecule has 0 spiro atoms. The summed E-state index contributed by atoms with van der Waals surface area (Å²) in [5, 5.41) is 10.3. The first kappa shape index (κ1) is 14.6. The molecule has 0 fully saturated rings. The van der Waals surface area contributed by atoms with Gasteiger partial charge in [0.25, 0.3) is 0 Å². The zero-order valence-electron chi connectivity index (χ0n) is 12.3. The third kappa shape index (κ3) is 3.02. The monoisotopic (exact) mass is 274 g/mol. The van der Waals surface area contributed by atoms with Crippen LogP contribution in [-0.4, -0.2) is 14.2 Å². The molecule has 2 aromatic rings. The molecule has 20 heavy (non-hydrogen) atoms. The number of imidazole rings is 1. The summed E-state index contributed by atoms with van der Waals surface area (Å²) in [7, 11) is 0. The van der Waals surface area contributed by atoms with Crippen LogP contribution in [0.4, 0.5) is 0 Å². The molecule has 0 aliphatic rings. The number of rotatable bonds is 5. The third-order valence-corrected chi connectivity index (χ3v) is 3.67. The Kier molecular flexibility index (Phi) is 4.45. The largest absolute Gasteiger partial charge is 0.387 e. The number of nitrogens with zero attached hydrogens (tertiary/aromatic N) is 2. The molecule has 0 saturated carbocycles. The molecule has 1 N–H and O–H groups in total. The lowest BCUT2D eigenvalue weighted by Gasteiger charge is -2.13. The molecule has 0 saturated heterocycles. The van der Waals surface area contributed by atoms with E-state index < -0.39 is 6.10 Å². The Morgan fingerprint density at radius 1 is 1.15 bits per heavy atom. The molecule has 0 bridgehead atoms. The van der Waals surface area contributed by atoms with Gasteiger partial charge in [-0.1, -0.05) is 25.1 Å². The van der Waals surface area contributed by atoms with Crippen LogP contribution in [0.1, 0.15) is 36.1 Å². The van der Waals surface area contributed by atoms with Crippen molar-refractivity contribution in [2.24, 2.45) is 0 Å². The molecule has 4 heteroatoms. The van der Waals surface area contributed by atoms with Gasteiger partial charge in [0.1, 0.15) is 0 Å². The Labute approximate surface area is 119 Å². The van der Waals surface area contributed by atoms with Crippen molar-refractivity contribution in [3.63, 3.8) is 0 Å². The Bertz CT molecular complexity index is 640. The molecule has 1 aromatic heterocycles. The molecule has 2 rings (SSSR count). The molecular weight excluding hydrogens is 252 g/mol. The van der Waals surface area contributed by atoms with E-state index in [9.17, 15) is 9.90 Å². The maximum Gasteiger partial charge on any atom is 0.328 e. The van der Waals surface area contributed by atoms with Crippen molar-refractivity contribution in [2.45, 2.75) is 46.4 Å². The van der Waals surface area contributed by atoms with Gasteiger partial charge in [-0.05, 0) is 37.0 Å². The number of aliphatic hydroxyl groups is 1. The van der Waals surface area contributed by atoms with Gasteiger partial charge < -0.3 is 5.11 Å². The minimum Gasteiger partial charge on any atom is -0.387 e. The molecule has 1 unspecified atom stereocenters. The van der Waals surface area contributed by atoms with Gasteiger partial charge in [-0.2, -0.15) is 0 Å². The Balaban J connectivity index is 2.17. The van der Waals surface area contributed by atoms with Gasteiger partial charge in [-0.25, -0.2) is 4.79 Å². The van der Waals surface area contributed by atoms with Crippen molar-refractivity contribution in [3.8, 4) is 0 Å². The quantitative estimate of drug-likeness (QED) is 0.910. The van der Waals surface area contributed by atoms with E-state index in [0.717, 1.165) is 17.5 Å². The van der Waals surface area contributed by atoms with E-state index in [1.165, 1.54) is 5.56 Å². The number of hydrogen-bond donors (Lipinski definition) is 1. The summed E-state index contributed by atoms with van der Waals surface area (Å²) in [4.78, 5) is 12.1. The summed E-state index contributed by atoms with van der Waals surface area (Å²) < 4.78 is 3.24. The van der Waals surface area contributed by atoms with Crippen molar-refractivity contribution in [2.75, 3.05) is 0 Å². The van der Waals surface area contributed by atoms with Gasteiger partial charge in [0, 0.05) is 18.9 Å². The lowest BCUT2D eigenvalue weighted by atomic mass is 10.0. The van der Waals surface area contributed by atoms with Crippen LogP contribution in [0.3, 0.4) is 0 Å². The van der Waals surface area contributed by atoms with Crippen molar-refractivity contribution in [1.29, 1.82) is 0 Å². The fourth-order valence-electron chi connectivity index (χ4n) is 2.27. The van der Waals surface area contributed by atoms with Crippen LogP contribution < -0.4 is 5.69 Å². The normalized spacial score (nSPS) is 12.6. The predicted molar refractivity (Wildman–Crippen MR) is 79.9 cm³/mol. The van der Waals surface area contributed by atoms with Gasteiger partial charge in [0.2, 0.25) is 0 Å². The smallest absolute Gasteiger partial charge is 0.328 e. The van der Waals surface area contributed by atoms with Gasteiger partial charge in [0.05, 0.1) is 12.6 Å². The number of aliphatic hydroxyl groups excluding tert-OH is 1. The maximum atomic E-state index is 12.1. The van der Waals surface area contributed by atoms with Crippen molar-refractivity contribution in [1.82, 2.24) is 9.13 Å². The average Bonchev–Trinajstić information content (AvgIpc) is 2.75. The summed E-state index contributed by atoms with van der Waals surface area (Å²) in [5.74, 6) is 0. The van der Waals surface area contributed by atoms with E-state index >= 15 is 0 Å². The zero-order chi connectivity index (χ0) is 14.7. The van der Waals surface area contributed by atoms with Gasteiger partial charge >= 0.3 is 5.69 Å². The van der Waals surface area contributed by atoms with Crippen LogP contribution in [0.25, 0.3) is 0 Å². The summed E-state index contributed by atoms with van der Waals surface area (Å²) in [6.07, 6.45) is 3.77. The van der Waals surface area contributed by atoms with E-state index in [1.54, 1.807) is 21.5 Å². The van der Waals surface area contributed by atoms with Crippen LogP contribution in [0, 0.1) is 13.8 Å². The van der Waals surface area contributed by atoms with Crippen LogP contribution in [0.15, 0.2) is 35.4 Å². The number of aryl methyl sites for hydroxylation is 3. The first-order valence-corrected chi connectivity index (χ1v) is 7.03. The van der Waals surface area contributed by atoms with Gasteiger partial charge in [0.15, 0.2) is 0 Å². The van der Waals surface area contributed by atoms with E-state index in [4.69, 9.17) is 0 Å². The molecule has 0 radical (unpaired) electrons. The van der Waals surface area contributed by atoms with Crippen LogP contribution in [0.2, 0.25) is 0 Å². The molecule has 1 aromatic carbocycles. The fraction of sp³-hybridized carbons (Fsp3) is 0.438. The zero-order valence-corrected chi connectivity index (χ0v) is 12.3. The topological polar surface area (TPSA) is 47.2 Å². The Morgan fingerprint density at radius 3 is 2.50 bits per heavy atom. The van der Waals surface area contributed by atoms with Gasteiger partial charge in [-0.3, -0.25) is 9.13 Å².